The van der Waals surface area contributed by atoms with E-state index in [1.807, 2.05) is 30.3 Å². The predicted octanol–water partition coefficient (Wildman–Crippen LogP) is 1.18. The van der Waals surface area contributed by atoms with Crippen molar-refractivity contribution in [3.05, 3.63) is 35.9 Å². The van der Waals surface area contributed by atoms with Gasteiger partial charge in [0.05, 0.1) is 6.61 Å². The van der Waals surface area contributed by atoms with Crippen molar-refractivity contribution < 1.29 is 19.4 Å². The van der Waals surface area contributed by atoms with E-state index in [0.717, 1.165) is 5.56 Å². The van der Waals surface area contributed by atoms with Gasteiger partial charge in [0.2, 0.25) is 5.91 Å². The van der Waals surface area contributed by atoms with Crippen molar-refractivity contribution >= 4 is 11.9 Å². The van der Waals surface area contributed by atoms with E-state index < -0.39 is 12.0 Å². The molecule has 0 aliphatic carbocycles. The lowest BCUT2D eigenvalue weighted by Gasteiger charge is -2.13. The highest BCUT2D eigenvalue weighted by atomic mass is 16.5. The van der Waals surface area contributed by atoms with Crippen LogP contribution in [0.25, 0.3) is 0 Å². The van der Waals surface area contributed by atoms with Crippen molar-refractivity contribution in [1.82, 2.24) is 5.32 Å². The molecule has 0 aromatic heterocycles. The Balaban J connectivity index is 2.27. The molecule has 98 valence electrons. The van der Waals surface area contributed by atoms with Gasteiger partial charge in [0, 0.05) is 20.0 Å². The number of nitrogens with one attached hydrogen (secondary N) is 1. The van der Waals surface area contributed by atoms with E-state index in [2.05, 4.69) is 5.32 Å². The fourth-order valence-corrected chi connectivity index (χ4v) is 1.47. The van der Waals surface area contributed by atoms with Gasteiger partial charge in [-0.25, -0.2) is 4.79 Å². The van der Waals surface area contributed by atoms with Gasteiger partial charge in [-0.05, 0) is 5.56 Å². The highest BCUT2D eigenvalue weighted by molar-refractivity contribution is 5.81. The van der Waals surface area contributed by atoms with Crippen LogP contribution in [0.1, 0.15) is 18.9 Å². The Labute approximate surface area is 106 Å². The third kappa shape index (κ3) is 5.45. The van der Waals surface area contributed by atoms with Crippen molar-refractivity contribution in [3.63, 3.8) is 0 Å². The number of carbonyl (C=O) groups is 2. The molecule has 0 aliphatic heterocycles. The number of aliphatic carboxylic acids is 1. The lowest BCUT2D eigenvalue weighted by molar-refractivity contribution is -0.142. The van der Waals surface area contributed by atoms with Gasteiger partial charge in [-0.3, -0.25) is 4.79 Å². The van der Waals surface area contributed by atoms with E-state index in [9.17, 15) is 9.59 Å². The van der Waals surface area contributed by atoms with Crippen LogP contribution < -0.4 is 5.32 Å². The summed E-state index contributed by atoms with van der Waals surface area (Å²) >= 11 is 0. The van der Waals surface area contributed by atoms with Gasteiger partial charge < -0.3 is 15.2 Å². The molecule has 0 aliphatic rings. The molecular weight excluding hydrogens is 234 g/mol. The molecule has 2 N–H and O–H groups in total. The van der Waals surface area contributed by atoms with Crippen molar-refractivity contribution in [2.45, 2.75) is 26.0 Å². The summed E-state index contributed by atoms with van der Waals surface area (Å²) < 4.78 is 5.37. The smallest absolute Gasteiger partial charge is 0.326 e. The molecule has 0 fully saturated rings. The lowest BCUT2D eigenvalue weighted by Crippen LogP contribution is -2.40. The van der Waals surface area contributed by atoms with Gasteiger partial charge in [0.1, 0.15) is 6.04 Å². The summed E-state index contributed by atoms with van der Waals surface area (Å²) in [5.41, 5.74) is 1.03. The van der Waals surface area contributed by atoms with E-state index in [1.54, 1.807) is 0 Å². The molecule has 0 spiro atoms. The molecule has 1 atom stereocenters. The third-order valence-corrected chi connectivity index (χ3v) is 2.34. The Morgan fingerprint density at radius 1 is 1.33 bits per heavy atom. The summed E-state index contributed by atoms with van der Waals surface area (Å²) in [6.07, 6.45) is 0.252. The van der Waals surface area contributed by atoms with E-state index in [1.165, 1.54) is 6.92 Å². The van der Waals surface area contributed by atoms with Gasteiger partial charge in [0.25, 0.3) is 0 Å². The summed E-state index contributed by atoms with van der Waals surface area (Å²) in [7, 11) is 0. The van der Waals surface area contributed by atoms with Crippen LogP contribution in [0.2, 0.25) is 0 Å². The number of ether oxygens (including phenoxy) is 1. The van der Waals surface area contributed by atoms with Crippen molar-refractivity contribution in [3.8, 4) is 0 Å². The zero-order valence-corrected chi connectivity index (χ0v) is 10.3. The van der Waals surface area contributed by atoms with E-state index in [0.29, 0.717) is 6.61 Å². The second kappa shape index (κ2) is 7.45. The summed E-state index contributed by atoms with van der Waals surface area (Å²) in [5.74, 6) is -1.40. The van der Waals surface area contributed by atoms with Crippen LogP contribution in [-0.2, 0) is 20.9 Å². The minimum atomic E-state index is -1.05. The fourth-order valence-electron chi connectivity index (χ4n) is 1.47. The maximum Gasteiger partial charge on any atom is 0.326 e. The predicted molar refractivity (Wildman–Crippen MR) is 66.0 cm³/mol. The SMILES string of the molecule is CC(=O)NC(CCOCc1ccccc1)C(=O)O. The number of hydrogen-bond donors (Lipinski definition) is 2. The number of benzene rings is 1. The first-order valence-electron chi connectivity index (χ1n) is 5.71. The number of rotatable bonds is 7. The molecule has 0 saturated heterocycles. The molecule has 1 rings (SSSR count). The normalized spacial score (nSPS) is 11.8. The first-order valence-corrected chi connectivity index (χ1v) is 5.71. The third-order valence-electron chi connectivity index (χ3n) is 2.34. The number of carbonyl (C=O) groups excluding carboxylic acids is 1. The van der Waals surface area contributed by atoms with Crippen molar-refractivity contribution in [2.24, 2.45) is 0 Å². The van der Waals surface area contributed by atoms with Crippen molar-refractivity contribution in [1.29, 1.82) is 0 Å². The van der Waals surface area contributed by atoms with Gasteiger partial charge in [-0.1, -0.05) is 30.3 Å². The molecule has 1 unspecified atom stereocenters. The van der Waals surface area contributed by atoms with Crippen LogP contribution in [-0.4, -0.2) is 29.6 Å². The number of carboxylic acids is 1. The van der Waals surface area contributed by atoms with Crippen LogP contribution in [0.3, 0.4) is 0 Å². The van der Waals surface area contributed by atoms with Gasteiger partial charge in [0.15, 0.2) is 0 Å². The Morgan fingerprint density at radius 3 is 2.56 bits per heavy atom. The molecule has 5 nitrogen and oxygen atoms in total. The van der Waals surface area contributed by atoms with Gasteiger partial charge in [-0.15, -0.1) is 0 Å². The molecule has 18 heavy (non-hydrogen) atoms. The molecule has 1 aromatic rings. The Bertz CT molecular complexity index is 391. The summed E-state index contributed by atoms with van der Waals surface area (Å²) in [5, 5.41) is 11.2. The molecule has 0 bridgehead atoms. The molecule has 1 aromatic carbocycles. The average Bonchev–Trinajstić information content (AvgIpc) is 2.33. The topological polar surface area (TPSA) is 75.6 Å². The lowest BCUT2D eigenvalue weighted by atomic mass is 10.2. The Kier molecular flexibility index (Phi) is 5.87. The number of hydrogen-bond acceptors (Lipinski definition) is 3. The summed E-state index contributed by atoms with van der Waals surface area (Å²) in [6, 6.07) is 8.72. The minimum Gasteiger partial charge on any atom is -0.480 e. The monoisotopic (exact) mass is 251 g/mol. The second-order valence-electron chi connectivity index (χ2n) is 3.92. The quantitative estimate of drug-likeness (QED) is 0.713. The Hall–Kier alpha value is -1.88. The number of amides is 1. The van der Waals surface area contributed by atoms with Crippen LogP contribution in [0, 0.1) is 0 Å². The average molecular weight is 251 g/mol. The largest absolute Gasteiger partial charge is 0.480 e. The fraction of sp³-hybridized carbons (Fsp3) is 0.385. The molecule has 0 saturated carbocycles. The standard InChI is InChI=1S/C13H17NO4/c1-10(15)14-12(13(16)17)7-8-18-9-11-5-3-2-4-6-11/h2-6,12H,7-9H2,1H3,(H,14,15)(H,16,17). The van der Waals surface area contributed by atoms with Crippen LogP contribution >= 0.6 is 0 Å². The first kappa shape index (κ1) is 14.2. The number of carboxylic acid groups (broad SMARTS) is 1. The first-order chi connectivity index (χ1) is 8.59. The zero-order chi connectivity index (χ0) is 13.4. The van der Waals surface area contributed by atoms with Gasteiger partial charge >= 0.3 is 5.97 Å². The molecule has 0 heterocycles. The maximum absolute atomic E-state index is 10.8. The summed E-state index contributed by atoms with van der Waals surface area (Å²) in [6.45, 7) is 2.01. The molecule has 0 radical (unpaired) electrons. The molecule has 1 amide bonds. The Morgan fingerprint density at radius 2 is 2.00 bits per heavy atom. The van der Waals surface area contributed by atoms with E-state index >= 15 is 0 Å². The van der Waals surface area contributed by atoms with Crippen LogP contribution in [0.15, 0.2) is 30.3 Å². The van der Waals surface area contributed by atoms with Crippen molar-refractivity contribution in [2.75, 3.05) is 6.61 Å². The van der Waals surface area contributed by atoms with E-state index in [-0.39, 0.29) is 18.9 Å². The van der Waals surface area contributed by atoms with Gasteiger partial charge in [-0.2, -0.15) is 0 Å². The summed E-state index contributed by atoms with van der Waals surface area (Å²) in [4.78, 5) is 21.6. The molecule has 5 heteroatoms. The second-order valence-corrected chi connectivity index (χ2v) is 3.92. The molecular formula is C13H17NO4. The zero-order valence-electron chi connectivity index (χ0n) is 10.3. The minimum absolute atomic E-state index is 0.252. The van der Waals surface area contributed by atoms with Crippen LogP contribution in [0.5, 0.6) is 0 Å². The highest BCUT2D eigenvalue weighted by Crippen LogP contribution is 2.02. The highest BCUT2D eigenvalue weighted by Gasteiger charge is 2.17. The van der Waals surface area contributed by atoms with Crippen LogP contribution in [0.4, 0.5) is 0 Å². The maximum atomic E-state index is 10.8. The van der Waals surface area contributed by atoms with E-state index in [4.69, 9.17) is 9.84 Å².